The van der Waals surface area contributed by atoms with E-state index in [0.29, 0.717) is 12.8 Å². The third-order valence-corrected chi connectivity index (χ3v) is 8.86. The van der Waals surface area contributed by atoms with E-state index in [1.807, 2.05) is 0 Å². The second-order valence-corrected chi connectivity index (χ2v) is 13.6. The molecule has 0 spiro atoms. The highest BCUT2D eigenvalue weighted by molar-refractivity contribution is 5.98. The summed E-state index contributed by atoms with van der Waals surface area (Å²) in [7, 11) is 0. The standard InChI is InChI=1S/C33H57N11O14/c1-16(46)25(43-28(53)20(14-24(49)50)41-26(51)17(35)9-10-23(47)48)30(55)39-18(6-2-3-11-34)27(52)40-19(7-4-12-38-33(36)37)31(56)44-13-5-8-22(44)29(54)42-21(15-45)32(57)58/h16-22,25,45-46H,2-15,34-35H2,1H3,(H,39,55)(H,40,52)(H,41,51)(H,42,54)(H,43,53)(H,47,48)(H,49,50)(H,57,58)(H4,36,37,38)/t16-,17+,18+,19+,20+,21+,22+,25+/m1/s1. The third kappa shape index (κ3) is 17.6. The first-order valence-corrected chi connectivity index (χ1v) is 18.5. The number of carbonyl (C=O) groups is 9. The SMILES string of the molecule is C[C@@H](O)[C@H](NC(=O)[C@H](CC(=O)O)NC(=O)[C@@H](N)CCC(=O)O)C(=O)N[C@@H](CCCCN)C(=O)N[C@@H](CCCN=C(N)N)C(=O)N1CCC[C@H]1C(=O)N[C@@H](CO)C(=O)O. The van der Waals surface area contributed by atoms with Crippen LogP contribution in [0.3, 0.4) is 0 Å². The zero-order valence-electron chi connectivity index (χ0n) is 32.1. The number of nitrogens with one attached hydrogen (secondary N) is 5. The summed E-state index contributed by atoms with van der Waals surface area (Å²) in [4.78, 5) is 119. The van der Waals surface area contributed by atoms with Gasteiger partial charge in [-0.05, 0) is 64.8 Å². The summed E-state index contributed by atoms with van der Waals surface area (Å²) in [6.07, 6.45) is -2.37. The highest BCUT2D eigenvalue weighted by Crippen LogP contribution is 2.20. The van der Waals surface area contributed by atoms with E-state index in [1.165, 1.54) is 0 Å². The summed E-state index contributed by atoms with van der Waals surface area (Å²) < 4.78 is 0. The summed E-state index contributed by atoms with van der Waals surface area (Å²) in [5.41, 5.74) is 22.1. The quantitative estimate of drug-likeness (QED) is 0.0208. The van der Waals surface area contributed by atoms with Gasteiger partial charge in [-0.2, -0.15) is 0 Å². The number of aliphatic carboxylic acids is 3. The Kier molecular flexibility index (Phi) is 22.2. The van der Waals surface area contributed by atoms with Gasteiger partial charge in [0.25, 0.3) is 0 Å². The van der Waals surface area contributed by atoms with Crippen LogP contribution in [-0.2, 0) is 43.2 Å². The van der Waals surface area contributed by atoms with Gasteiger partial charge in [0.05, 0.1) is 25.2 Å². The molecule has 6 amide bonds. The first-order chi connectivity index (χ1) is 27.2. The van der Waals surface area contributed by atoms with E-state index in [9.17, 15) is 63.6 Å². The predicted octanol–water partition coefficient (Wildman–Crippen LogP) is -6.29. The van der Waals surface area contributed by atoms with E-state index in [4.69, 9.17) is 28.0 Å². The Bertz CT molecular complexity index is 1490. The fraction of sp³-hybridized carbons (Fsp3) is 0.697. The molecule has 25 heteroatoms. The number of hydrogen-bond donors (Lipinski definition) is 14. The lowest BCUT2D eigenvalue weighted by Crippen LogP contribution is -2.61. The van der Waals surface area contributed by atoms with Crippen LogP contribution in [-0.4, -0.2) is 164 Å². The highest BCUT2D eigenvalue weighted by Gasteiger charge is 2.40. The number of aliphatic hydroxyl groups is 2. The zero-order valence-corrected chi connectivity index (χ0v) is 32.1. The number of aliphatic imine (C=N–C) groups is 1. The number of hydrogen-bond acceptors (Lipinski definition) is 14. The minimum atomic E-state index is -1.83. The topological polar surface area (TPSA) is 435 Å². The lowest BCUT2D eigenvalue weighted by molar-refractivity contribution is -0.145. The van der Waals surface area contributed by atoms with E-state index in [2.05, 4.69) is 31.6 Å². The molecule has 58 heavy (non-hydrogen) atoms. The fourth-order valence-corrected chi connectivity index (χ4v) is 5.74. The summed E-state index contributed by atoms with van der Waals surface area (Å²) >= 11 is 0. The number of aliphatic hydroxyl groups excluding tert-OH is 2. The maximum Gasteiger partial charge on any atom is 0.328 e. The maximum absolute atomic E-state index is 14.0. The van der Waals surface area contributed by atoms with Crippen molar-refractivity contribution in [2.45, 2.75) is 120 Å². The largest absolute Gasteiger partial charge is 0.481 e. The van der Waals surface area contributed by atoms with Crippen molar-refractivity contribution in [2.75, 3.05) is 26.2 Å². The number of rotatable bonds is 27. The second-order valence-electron chi connectivity index (χ2n) is 13.6. The van der Waals surface area contributed by atoms with Crippen molar-refractivity contribution in [3.05, 3.63) is 0 Å². The van der Waals surface area contributed by atoms with Gasteiger partial charge in [-0.25, -0.2) is 4.79 Å². The molecule has 1 saturated heterocycles. The molecule has 18 N–H and O–H groups in total. The van der Waals surface area contributed by atoms with Crippen molar-refractivity contribution in [3.8, 4) is 0 Å². The summed E-state index contributed by atoms with van der Waals surface area (Å²) in [6.45, 7) is 0.486. The maximum atomic E-state index is 14.0. The molecule has 0 aromatic heterocycles. The van der Waals surface area contributed by atoms with Gasteiger partial charge in [0.15, 0.2) is 5.96 Å². The van der Waals surface area contributed by atoms with Crippen molar-refractivity contribution >= 4 is 59.3 Å². The molecule has 1 fully saturated rings. The molecule has 0 bridgehead atoms. The van der Waals surface area contributed by atoms with E-state index < -0.39 is 121 Å². The van der Waals surface area contributed by atoms with Crippen molar-refractivity contribution < 1.29 is 68.7 Å². The number of nitrogens with two attached hydrogens (primary N) is 4. The number of carboxylic acid groups (broad SMARTS) is 3. The van der Waals surface area contributed by atoms with E-state index in [0.717, 1.165) is 11.8 Å². The molecule has 1 aliphatic heterocycles. The lowest BCUT2D eigenvalue weighted by Gasteiger charge is -2.31. The smallest absolute Gasteiger partial charge is 0.328 e. The van der Waals surface area contributed by atoms with Crippen LogP contribution in [0.5, 0.6) is 0 Å². The average molecular weight is 832 g/mol. The Labute approximate surface area is 333 Å². The van der Waals surface area contributed by atoms with Crippen molar-refractivity contribution in [3.63, 3.8) is 0 Å². The number of nitrogens with zero attached hydrogens (tertiary/aromatic N) is 2. The Morgan fingerprint density at radius 1 is 0.759 bits per heavy atom. The van der Waals surface area contributed by atoms with Gasteiger partial charge in [0.2, 0.25) is 35.4 Å². The zero-order chi connectivity index (χ0) is 44.1. The first kappa shape index (κ1) is 50.4. The molecule has 25 nitrogen and oxygen atoms in total. The third-order valence-electron chi connectivity index (χ3n) is 8.86. The molecule has 1 rings (SSSR count). The molecule has 1 aliphatic rings. The lowest BCUT2D eigenvalue weighted by atomic mass is 10.0. The Morgan fingerprint density at radius 2 is 1.36 bits per heavy atom. The van der Waals surface area contributed by atoms with Crippen LogP contribution >= 0.6 is 0 Å². The highest BCUT2D eigenvalue weighted by atomic mass is 16.4. The molecule has 1 heterocycles. The molecule has 0 aliphatic carbocycles. The van der Waals surface area contributed by atoms with Crippen LogP contribution in [0.1, 0.15) is 71.1 Å². The van der Waals surface area contributed by atoms with Gasteiger partial charge >= 0.3 is 17.9 Å². The molecular weight excluding hydrogens is 774 g/mol. The number of carbonyl (C=O) groups excluding carboxylic acids is 6. The minimum absolute atomic E-state index is 0.0344. The van der Waals surface area contributed by atoms with Crippen LogP contribution in [0.25, 0.3) is 0 Å². The van der Waals surface area contributed by atoms with E-state index >= 15 is 0 Å². The normalized spacial score (nSPS) is 17.2. The van der Waals surface area contributed by atoms with Crippen LogP contribution in [0, 0.1) is 0 Å². The fourth-order valence-electron chi connectivity index (χ4n) is 5.74. The van der Waals surface area contributed by atoms with Gasteiger partial charge < -0.3 is 80.0 Å². The molecule has 0 aromatic rings. The summed E-state index contributed by atoms with van der Waals surface area (Å²) in [5, 5.41) is 58.8. The van der Waals surface area contributed by atoms with Crippen LogP contribution in [0.4, 0.5) is 0 Å². The van der Waals surface area contributed by atoms with Gasteiger partial charge in [0.1, 0.15) is 36.3 Å². The minimum Gasteiger partial charge on any atom is -0.481 e. The van der Waals surface area contributed by atoms with Crippen LogP contribution in [0.15, 0.2) is 4.99 Å². The number of guanidine groups is 1. The monoisotopic (exact) mass is 831 g/mol. The van der Waals surface area contributed by atoms with Crippen molar-refractivity contribution in [2.24, 2.45) is 27.9 Å². The van der Waals surface area contributed by atoms with Gasteiger partial charge in [-0.15, -0.1) is 0 Å². The molecule has 8 atom stereocenters. The molecule has 0 saturated carbocycles. The number of unbranched alkanes of at least 4 members (excludes halogenated alkanes) is 1. The van der Waals surface area contributed by atoms with Gasteiger partial charge in [0, 0.05) is 19.5 Å². The Morgan fingerprint density at radius 3 is 1.91 bits per heavy atom. The molecule has 0 radical (unpaired) electrons. The molecule has 0 aromatic carbocycles. The molecular formula is C33H57N11O14. The number of carboxylic acids is 3. The predicted molar refractivity (Wildman–Crippen MR) is 201 cm³/mol. The van der Waals surface area contributed by atoms with Crippen LogP contribution < -0.4 is 49.5 Å². The summed E-state index contributed by atoms with van der Waals surface area (Å²) in [5.74, 6) is -10.5. The average Bonchev–Trinajstić information content (AvgIpc) is 3.64. The van der Waals surface area contributed by atoms with E-state index in [-0.39, 0.29) is 64.1 Å². The van der Waals surface area contributed by atoms with Crippen LogP contribution in [0.2, 0.25) is 0 Å². The van der Waals surface area contributed by atoms with Crippen molar-refractivity contribution in [1.29, 1.82) is 0 Å². The Hall–Kier alpha value is -5.66. The van der Waals surface area contributed by atoms with Gasteiger partial charge in [-0.3, -0.25) is 43.3 Å². The summed E-state index contributed by atoms with van der Waals surface area (Å²) in [6, 6.07) is -10.7. The van der Waals surface area contributed by atoms with Gasteiger partial charge in [-0.1, -0.05) is 0 Å². The Balaban J connectivity index is 3.34. The number of likely N-dealkylation sites (tertiary alicyclic amines) is 1. The molecule has 0 unspecified atom stereocenters. The first-order valence-electron chi connectivity index (χ1n) is 18.5. The van der Waals surface area contributed by atoms with E-state index in [1.54, 1.807) is 0 Å². The number of amides is 6. The van der Waals surface area contributed by atoms with Crippen molar-refractivity contribution in [1.82, 2.24) is 31.5 Å². The second kappa shape index (κ2) is 25.6. The molecule has 328 valence electrons.